The van der Waals surface area contributed by atoms with Crippen molar-refractivity contribution in [2.75, 3.05) is 46.0 Å². The molecular formula is C100H123N8O37Y3-3. The van der Waals surface area contributed by atoms with Crippen LogP contribution in [0.1, 0.15) is 276 Å². The number of nitrogens with one attached hydrogen (secondary N) is 5. The number of Topliss-reactive ketones (excluding diaryl/α,β-unsaturated/α-hetero) is 6. The van der Waals surface area contributed by atoms with E-state index in [-0.39, 0.29) is 232 Å². The molecule has 0 bridgehead atoms. The molecule has 0 saturated carbocycles. The van der Waals surface area contributed by atoms with Crippen LogP contribution in [0.5, 0.6) is 34.5 Å². The van der Waals surface area contributed by atoms with Crippen LogP contribution in [0, 0.1) is 0 Å². The van der Waals surface area contributed by atoms with Gasteiger partial charge in [-0.25, -0.2) is 0 Å². The van der Waals surface area contributed by atoms with Crippen molar-refractivity contribution >= 4 is 69.4 Å². The van der Waals surface area contributed by atoms with Gasteiger partial charge in [0.15, 0.2) is 76.7 Å². The van der Waals surface area contributed by atoms with Gasteiger partial charge in [0.05, 0.1) is 133 Å². The molecule has 22 atom stereocenters. The Kier molecular flexibility index (Phi) is 43.6. The van der Waals surface area contributed by atoms with E-state index in [1.54, 1.807) is 20.8 Å². The van der Waals surface area contributed by atoms with E-state index >= 15 is 0 Å². The number of benzene rings is 6. The Bertz CT molecular complexity index is 5500. The van der Waals surface area contributed by atoms with Gasteiger partial charge in [0.2, 0.25) is 0 Å². The van der Waals surface area contributed by atoms with Gasteiger partial charge >= 0.3 is 0 Å². The standard InChI is InChI=1S/3C27H29NO11.C19H36N5O4.3Y/c3*1-10-22(32)14(28)5-17(38-10)39-15-7-27(37,16(31)9-30)6-13-19(15)26(36)21-20(24(13)34)23(33)12-4-2-3-11(8-29)18(12)25(21)35;1-13(25)15(7-3-5-9-20)23-11-17(27)16(8-4-6-10-21)24-12-18(28)19(22)14(2)26;;;/h3*2-4,10,14-15,17,22,29-30,32,34,36-37H,5-9,28H2,1H3;14-16,19-24,26H,3-12H2,1-2H3;;;/q;;;-3;;;/t3*10-,14-,15-,17-,22+,27-;14?,15?,16-,19+;;;/m0000.../s1. The van der Waals surface area contributed by atoms with Gasteiger partial charge in [-0.1, -0.05) is 80.3 Å². The maximum Gasteiger partial charge on any atom is 0.198 e. The largest absolute Gasteiger partial charge is 0.677 e. The predicted molar refractivity (Wildman–Crippen MR) is 504 cm³/mol. The van der Waals surface area contributed by atoms with Gasteiger partial charge in [-0.3, -0.25) is 57.5 Å². The summed E-state index contributed by atoms with van der Waals surface area (Å²) in [7, 11) is 0. The molecule has 48 heteroatoms. The number of fused-ring (bicyclic) bond motifs is 9. The van der Waals surface area contributed by atoms with Gasteiger partial charge in [-0.15, -0.1) is 0 Å². The van der Waals surface area contributed by atoms with Gasteiger partial charge in [-0.05, 0) is 70.2 Å². The Morgan fingerprint density at radius 3 is 0.953 bits per heavy atom. The molecule has 2 unspecified atom stereocenters. The fourth-order valence-electron chi connectivity index (χ4n) is 20.2. The van der Waals surface area contributed by atoms with Crippen molar-refractivity contribution in [1.82, 2.24) is 10.6 Å². The molecular weight excluding hydrogens is 2170 g/mol. The molecule has 3 radical (unpaired) electrons. The number of phenolic OH excluding ortho intramolecular Hbond substituents is 6. The second-order valence-corrected chi connectivity index (χ2v) is 37.9. The number of aliphatic hydroxyl groups excluding tert-OH is 10. The number of unbranched alkanes of at least 4 members (excludes halogenated alkanes) is 2. The van der Waals surface area contributed by atoms with E-state index in [1.807, 2.05) is 0 Å². The third kappa shape index (κ3) is 25.1. The minimum Gasteiger partial charge on any atom is -0.677 e. The quantitative estimate of drug-likeness (QED) is 0.0195. The monoisotopic (exact) mass is 2290 g/mol. The summed E-state index contributed by atoms with van der Waals surface area (Å²) in [5.74, 6) is -12.7. The molecule has 30 N–H and O–H groups in total. The maximum absolute atomic E-state index is 13.6. The van der Waals surface area contributed by atoms with E-state index in [9.17, 15) is 155 Å². The summed E-state index contributed by atoms with van der Waals surface area (Å²) in [4.78, 5) is 155. The number of hydrogen-bond acceptors (Lipinski definition) is 42. The average Bonchev–Trinajstić information content (AvgIpc) is 0.715. The van der Waals surface area contributed by atoms with Crippen LogP contribution in [-0.4, -0.2) is 327 Å². The first kappa shape index (κ1) is 124. The fourth-order valence-corrected chi connectivity index (χ4v) is 20.2. The molecule has 15 rings (SSSR count). The van der Waals surface area contributed by atoms with E-state index in [0.29, 0.717) is 38.6 Å². The van der Waals surface area contributed by atoms with E-state index in [4.69, 9.17) is 62.8 Å². The topological polar surface area (TPSA) is 818 Å². The first-order chi connectivity index (χ1) is 68.5. The van der Waals surface area contributed by atoms with Crippen molar-refractivity contribution in [3.05, 3.63) is 189 Å². The molecule has 3 aliphatic heterocycles. The first-order valence-electron chi connectivity index (χ1n) is 47.4. The summed E-state index contributed by atoms with van der Waals surface area (Å²) in [5, 5.41) is 205. The van der Waals surface area contributed by atoms with Crippen LogP contribution in [0.25, 0.3) is 17.2 Å². The SMILES string of the molecule is CC(=O)C(CCCC[NH-])NCC(=O)[C@H](CCCC[NH-])NCC(=O)[C@H]([NH-])C(C)O.C[C@@H]1O[C@@H](O[C@H]2C[C@](O)(C(=O)CO)Cc3c(O)c4c(c(O)c32)C(=O)c2c(CO)cccc2C4=O)C[C@H](N)[C@@H]1O.C[C@@H]1O[C@@H](O[C@H]2C[C@](O)(C(=O)CO)Cc3c(O)c4c(c(O)c32)C(=O)c2c(CO)cccc2C4=O)C[C@H](N)[C@@H]1O.C[C@@H]1O[C@@H](O[C@H]2C[C@](O)(C(=O)CO)Cc3c(O)c4c(c(O)c32)C(=O)c2c(CO)cccc2C4=O)C[C@H](N)[C@@H]1O.[Y].[Y].[Y]. The molecule has 0 spiro atoms. The summed E-state index contributed by atoms with van der Waals surface area (Å²) in [6, 6.07) is 8.30. The number of aliphatic hydroxyl groups is 13. The zero-order valence-electron chi connectivity index (χ0n) is 81.7. The molecule has 45 nitrogen and oxygen atoms in total. The Hall–Kier alpha value is -7.61. The molecule has 3 heterocycles. The fraction of sp³-hybridized carbons (Fsp3) is 0.520. The predicted octanol–water partition coefficient (Wildman–Crippen LogP) is 0.324. The van der Waals surface area contributed by atoms with E-state index in [1.165, 1.54) is 68.4 Å². The normalized spacial score (nSPS) is 26.6. The number of carbonyl (C=O) groups excluding carboxylic acids is 12. The third-order valence-electron chi connectivity index (χ3n) is 28.2. The Morgan fingerprint density at radius 1 is 0.426 bits per heavy atom. The van der Waals surface area contributed by atoms with Crippen molar-refractivity contribution in [3.63, 3.8) is 0 Å². The molecule has 3 saturated heterocycles. The molecule has 9 aliphatic rings. The van der Waals surface area contributed by atoms with Crippen molar-refractivity contribution in [3.8, 4) is 34.5 Å². The van der Waals surface area contributed by atoms with E-state index in [2.05, 4.69) is 10.6 Å². The van der Waals surface area contributed by atoms with Crippen LogP contribution >= 0.6 is 0 Å². The van der Waals surface area contributed by atoms with Gasteiger partial charge < -0.3 is 170 Å². The number of carbonyl (C=O) groups is 12. The van der Waals surface area contributed by atoms with Crippen molar-refractivity contribution in [1.29, 1.82) is 0 Å². The number of phenols is 6. The number of ketones is 12. The number of nitrogens with two attached hydrogens (primary N) is 3. The van der Waals surface area contributed by atoms with Gasteiger partial charge in [-0.2, -0.15) is 13.1 Å². The number of ether oxygens (including phenoxy) is 6. The zero-order chi connectivity index (χ0) is 107. The van der Waals surface area contributed by atoms with Crippen molar-refractivity contribution < 1.29 is 281 Å². The summed E-state index contributed by atoms with van der Waals surface area (Å²) in [5.41, 5.74) is 29.0. The Morgan fingerprint density at radius 2 is 0.696 bits per heavy atom. The van der Waals surface area contributed by atoms with Crippen LogP contribution in [0.2, 0.25) is 0 Å². The summed E-state index contributed by atoms with van der Waals surface area (Å²) in [6.45, 7) is 3.17. The number of rotatable bonds is 33. The van der Waals surface area contributed by atoms with Gasteiger partial charge in [0, 0.05) is 247 Å². The molecule has 6 aliphatic carbocycles. The average molecular weight is 2300 g/mol. The Balaban J connectivity index is 0.000000220. The minimum atomic E-state index is -2.25. The second-order valence-electron chi connectivity index (χ2n) is 37.9. The molecule has 797 valence electrons. The maximum atomic E-state index is 13.6. The van der Waals surface area contributed by atoms with Crippen molar-refractivity contribution in [2.45, 2.75) is 284 Å². The summed E-state index contributed by atoms with van der Waals surface area (Å²) >= 11 is 0. The summed E-state index contributed by atoms with van der Waals surface area (Å²) in [6.07, 6.45) is -12.9. The second kappa shape index (κ2) is 52.1. The third-order valence-corrected chi connectivity index (χ3v) is 28.2. The van der Waals surface area contributed by atoms with Crippen LogP contribution < -0.4 is 27.8 Å². The molecule has 0 aromatic heterocycles. The first-order valence-corrected chi connectivity index (χ1v) is 47.4. The van der Waals surface area contributed by atoms with Crippen LogP contribution in [0.3, 0.4) is 0 Å². The van der Waals surface area contributed by atoms with E-state index in [0.717, 1.165) is 6.42 Å². The molecule has 6 aromatic carbocycles. The van der Waals surface area contributed by atoms with Gasteiger partial charge in [0.25, 0.3) is 0 Å². The molecule has 3 fully saturated rings. The smallest absolute Gasteiger partial charge is 0.198 e. The van der Waals surface area contributed by atoms with Gasteiger partial charge in [0.1, 0.15) is 82.7 Å². The number of aromatic hydroxyl groups is 6. The molecule has 6 aromatic rings. The minimum absolute atomic E-state index is 0. The summed E-state index contributed by atoms with van der Waals surface area (Å²) < 4.78 is 35.1. The van der Waals surface area contributed by atoms with E-state index < -0.39 is 337 Å². The molecule has 148 heavy (non-hydrogen) atoms. The van der Waals surface area contributed by atoms with Crippen LogP contribution in [0.15, 0.2) is 54.6 Å². The van der Waals surface area contributed by atoms with Crippen molar-refractivity contribution in [2.24, 2.45) is 17.2 Å². The van der Waals surface area contributed by atoms with Crippen LogP contribution in [-0.2, 0) is 194 Å². The van der Waals surface area contributed by atoms with Crippen LogP contribution in [0.4, 0.5) is 0 Å². The Labute approximate surface area is 923 Å². The number of hydrogen-bond donors (Lipinski definition) is 24. The zero-order valence-corrected chi connectivity index (χ0v) is 90.2. The molecule has 0 amide bonds.